The van der Waals surface area contributed by atoms with Crippen molar-refractivity contribution in [1.29, 1.82) is 0 Å². The molecule has 0 unspecified atom stereocenters. The summed E-state index contributed by atoms with van der Waals surface area (Å²) in [5.41, 5.74) is 1.80. The van der Waals surface area contributed by atoms with Crippen molar-refractivity contribution in [3.63, 3.8) is 0 Å². The lowest BCUT2D eigenvalue weighted by Gasteiger charge is -2.07. The number of ether oxygens (including phenoxy) is 2. The molecule has 1 N–H and O–H groups in total. The fourth-order valence-electron chi connectivity index (χ4n) is 2.95. The van der Waals surface area contributed by atoms with Gasteiger partial charge in [0, 0.05) is 13.1 Å². The first-order chi connectivity index (χ1) is 14.9. The van der Waals surface area contributed by atoms with E-state index < -0.39 is 18.5 Å². The average molecular weight is 421 g/mol. The van der Waals surface area contributed by atoms with Gasteiger partial charge in [0.1, 0.15) is 11.4 Å². The molecule has 0 atom stereocenters. The number of para-hydroxylation sites is 1. The molecule has 0 radical (unpaired) electrons. The van der Waals surface area contributed by atoms with Crippen LogP contribution in [0.25, 0.3) is 11.8 Å². The molecule has 160 valence electrons. The maximum atomic E-state index is 12.8. The zero-order valence-corrected chi connectivity index (χ0v) is 17.5. The van der Waals surface area contributed by atoms with Crippen LogP contribution in [0.4, 0.5) is 5.69 Å². The van der Waals surface area contributed by atoms with Crippen LogP contribution in [-0.2, 0) is 21.4 Å². The van der Waals surface area contributed by atoms with E-state index in [2.05, 4.69) is 5.32 Å². The molecule has 0 fully saturated rings. The first-order valence-electron chi connectivity index (χ1n) is 9.53. The number of carbonyl (C=O) groups excluding carboxylic acids is 2. The summed E-state index contributed by atoms with van der Waals surface area (Å²) in [5.74, 6) is -0.561. The minimum absolute atomic E-state index is 0.140. The maximum Gasteiger partial charge on any atom is 0.331 e. The molecular formula is C23H23N3O5. The lowest BCUT2D eigenvalue weighted by atomic mass is 10.2. The monoisotopic (exact) mass is 421 g/mol. The number of rotatable bonds is 7. The van der Waals surface area contributed by atoms with E-state index in [1.165, 1.54) is 10.8 Å². The van der Waals surface area contributed by atoms with Crippen LogP contribution in [-0.4, -0.2) is 35.0 Å². The van der Waals surface area contributed by atoms with Gasteiger partial charge in [0.15, 0.2) is 6.61 Å². The highest BCUT2D eigenvalue weighted by atomic mass is 16.5. The summed E-state index contributed by atoms with van der Waals surface area (Å²) in [7, 11) is 3.30. The van der Waals surface area contributed by atoms with Crippen molar-refractivity contribution < 1.29 is 19.1 Å². The summed E-state index contributed by atoms with van der Waals surface area (Å²) >= 11 is 0. The zero-order chi connectivity index (χ0) is 22.4. The largest absolute Gasteiger partial charge is 0.497 e. The lowest BCUT2D eigenvalue weighted by Crippen LogP contribution is -2.25. The van der Waals surface area contributed by atoms with Crippen molar-refractivity contribution >= 4 is 23.6 Å². The fourth-order valence-corrected chi connectivity index (χ4v) is 2.95. The predicted octanol–water partition coefficient (Wildman–Crippen LogP) is 2.69. The summed E-state index contributed by atoms with van der Waals surface area (Å²) < 4.78 is 13.1. The number of esters is 1. The highest BCUT2D eigenvalue weighted by molar-refractivity contribution is 5.95. The lowest BCUT2D eigenvalue weighted by molar-refractivity contribution is -0.142. The first-order valence-corrected chi connectivity index (χ1v) is 9.53. The molecule has 1 aromatic heterocycles. The zero-order valence-electron chi connectivity index (χ0n) is 17.5. The third kappa shape index (κ3) is 5.11. The van der Waals surface area contributed by atoms with Crippen molar-refractivity contribution in [3.05, 3.63) is 82.3 Å². The minimum atomic E-state index is -0.669. The number of carbonyl (C=O) groups is 2. The SMILES string of the molecule is COc1ccc(/C=C/C(=O)OCC(=O)Nc2c(C)n(C)n(-c3ccccc3)c2=O)cc1. The molecular weight excluding hydrogens is 398 g/mol. The van der Waals surface area contributed by atoms with Crippen LogP contribution in [0.15, 0.2) is 65.5 Å². The Morgan fingerprint density at radius 2 is 1.74 bits per heavy atom. The van der Waals surface area contributed by atoms with Crippen LogP contribution in [0.3, 0.4) is 0 Å². The molecule has 0 aliphatic heterocycles. The molecule has 0 spiro atoms. The van der Waals surface area contributed by atoms with E-state index >= 15 is 0 Å². The van der Waals surface area contributed by atoms with Gasteiger partial charge in [-0.15, -0.1) is 0 Å². The van der Waals surface area contributed by atoms with E-state index in [9.17, 15) is 14.4 Å². The number of methoxy groups -OCH3 is 1. The number of amides is 1. The summed E-state index contributed by atoms with van der Waals surface area (Å²) in [4.78, 5) is 36.9. The number of hydrogen-bond acceptors (Lipinski definition) is 5. The highest BCUT2D eigenvalue weighted by Gasteiger charge is 2.18. The first kappa shape index (κ1) is 21.6. The van der Waals surface area contributed by atoms with Gasteiger partial charge < -0.3 is 14.8 Å². The molecule has 1 amide bonds. The Bertz CT molecular complexity index is 1160. The molecule has 0 aliphatic rings. The summed E-state index contributed by atoms with van der Waals surface area (Å²) in [6.07, 6.45) is 2.80. The molecule has 0 saturated carbocycles. The molecule has 8 nitrogen and oxygen atoms in total. The van der Waals surface area contributed by atoms with Gasteiger partial charge in [0.25, 0.3) is 11.5 Å². The number of nitrogens with zero attached hydrogens (tertiary/aromatic N) is 2. The fraction of sp³-hybridized carbons (Fsp3) is 0.174. The van der Waals surface area contributed by atoms with Crippen molar-refractivity contribution in [2.24, 2.45) is 7.05 Å². The van der Waals surface area contributed by atoms with E-state index in [0.29, 0.717) is 17.1 Å². The average Bonchev–Trinajstić information content (AvgIpc) is 3.00. The van der Waals surface area contributed by atoms with Crippen LogP contribution in [0.2, 0.25) is 0 Å². The number of benzene rings is 2. The quantitative estimate of drug-likeness (QED) is 0.468. The Morgan fingerprint density at radius 3 is 2.39 bits per heavy atom. The summed E-state index contributed by atoms with van der Waals surface area (Å²) in [5, 5.41) is 2.54. The number of aromatic nitrogens is 2. The molecule has 0 saturated heterocycles. The van der Waals surface area contributed by atoms with Crippen LogP contribution < -0.4 is 15.6 Å². The van der Waals surface area contributed by atoms with Gasteiger partial charge in [-0.2, -0.15) is 0 Å². The standard InChI is InChI=1S/C23H23N3O5/c1-16-22(23(29)26(25(16)2)18-7-5-4-6-8-18)24-20(27)15-31-21(28)14-11-17-9-12-19(30-3)13-10-17/h4-14H,15H2,1-3H3,(H,24,27)/b14-11+. The number of nitrogens with one attached hydrogen (secondary N) is 1. The molecule has 31 heavy (non-hydrogen) atoms. The van der Waals surface area contributed by atoms with Gasteiger partial charge in [-0.25, -0.2) is 9.48 Å². The molecule has 1 heterocycles. The molecule has 0 aliphatic carbocycles. The van der Waals surface area contributed by atoms with E-state index in [0.717, 1.165) is 5.56 Å². The van der Waals surface area contributed by atoms with Crippen molar-refractivity contribution in [1.82, 2.24) is 9.36 Å². The highest BCUT2D eigenvalue weighted by Crippen LogP contribution is 2.14. The third-order valence-electron chi connectivity index (χ3n) is 4.69. The van der Waals surface area contributed by atoms with Gasteiger partial charge in [-0.3, -0.25) is 14.3 Å². The molecule has 8 heteroatoms. The van der Waals surface area contributed by atoms with Crippen LogP contribution in [0.1, 0.15) is 11.3 Å². The van der Waals surface area contributed by atoms with Gasteiger partial charge in [-0.05, 0) is 42.8 Å². The summed E-state index contributed by atoms with van der Waals surface area (Å²) in [6, 6.07) is 16.2. The molecule has 3 rings (SSSR count). The number of hydrogen-bond donors (Lipinski definition) is 1. The Labute approximate surface area is 179 Å². The van der Waals surface area contributed by atoms with Crippen LogP contribution >= 0.6 is 0 Å². The second-order valence-electron chi connectivity index (χ2n) is 6.70. The van der Waals surface area contributed by atoms with Gasteiger partial charge in [0.05, 0.1) is 18.5 Å². The Hall–Kier alpha value is -4.07. The Kier molecular flexibility index (Phi) is 6.71. The van der Waals surface area contributed by atoms with E-state index in [1.807, 2.05) is 18.2 Å². The van der Waals surface area contributed by atoms with Crippen LogP contribution in [0, 0.1) is 6.92 Å². The maximum absolute atomic E-state index is 12.8. The third-order valence-corrected chi connectivity index (χ3v) is 4.69. The Morgan fingerprint density at radius 1 is 1.06 bits per heavy atom. The van der Waals surface area contributed by atoms with Gasteiger partial charge >= 0.3 is 5.97 Å². The molecule has 3 aromatic rings. The van der Waals surface area contributed by atoms with Crippen molar-refractivity contribution in [2.45, 2.75) is 6.92 Å². The van der Waals surface area contributed by atoms with E-state index in [4.69, 9.17) is 9.47 Å². The van der Waals surface area contributed by atoms with Crippen LogP contribution in [0.5, 0.6) is 5.75 Å². The van der Waals surface area contributed by atoms with E-state index in [1.54, 1.807) is 68.2 Å². The van der Waals surface area contributed by atoms with Gasteiger partial charge in [-0.1, -0.05) is 30.3 Å². The normalized spacial score (nSPS) is 10.8. The van der Waals surface area contributed by atoms with Crippen molar-refractivity contribution in [3.8, 4) is 11.4 Å². The number of anilines is 1. The topological polar surface area (TPSA) is 91.6 Å². The van der Waals surface area contributed by atoms with Crippen molar-refractivity contribution in [2.75, 3.05) is 19.0 Å². The Balaban J connectivity index is 1.61. The van der Waals surface area contributed by atoms with Gasteiger partial charge in [0.2, 0.25) is 0 Å². The second kappa shape index (κ2) is 9.62. The predicted molar refractivity (Wildman–Crippen MR) is 117 cm³/mol. The smallest absolute Gasteiger partial charge is 0.331 e. The minimum Gasteiger partial charge on any atom is -0.497 e. The van der Waals surface area contributed by atoms with E-state index in [-0.39, 0.29) is 11.2 Å². The molecule has 0 bridgehead atoms. The second-order valence-corrected chi connectivity index (χ2v) is 6.70. The summed E-state index contributed by atoms with van der Waals surface area (Å²) in [6.45, 7) is 1.21. The molecule has 2 aromatic carbocycles.